The number of anilines is 1. The number of carbonyl (C=O) groups excluding carboxylic acids is 1. The van der Waals surface area contributed by atoms with E-state index in [-0.39, 0.29) is 5.78 Å². The Bertz CT molecular complexity index is 644. The first kappa shape index (κ1) is 16.5. The van der Waals surface area contributed by atoms with Crippen molar-refractivity contribution in [2.75, 3.05) is 17.6 Å². The average molecular weight is 330 g/mol. The van der Waals surface area contributed by atoms with E-state index in [9.17, 15) is 4.79 Å². The molecule has 22 heavy (non-hydrogen) atoms. The summed E-state index contributed by atoms with van der Waals surface area (Å²) in [6.07, 6.45) is 0. The molecule has 0 fully saturated rings. The third kappa shape index (κ3) is 5.50. The molecule has 0 aliphatic carbocycles. The SMILES string of the molecule is CC(=O)c1cccc(NC(=S)NCCSc2ccccc2)c1. The molecular formula is C17H18N2OS2. The van der Waals surface area contributed by atoms with E-state index in [2.05, 4.69) is 22.8 Å². The largest absolute Gasteiger partial charge is 0.362 e. The standard InChI is InChI=1S/C17H18N2OS2/c1-13(20)14-6-5-7-15(12-14)19-17(21)18-10-11-22-16-8-3-2-4-9-16/h2-9,12H,10-11H2,1H3,(H2,18,19,21). The van der Waals surface area contributed by atoms with Gasteiger partial charge in [-0.15, -0.1) is 11.8 Å². The summed E-state index contributed by atoms with van der Waals surface area (Å²) in [6.45, 7) is 2.33. The molecule has 0 spiro atoms. The van der Waals surface area contributed by atoms with Crippen LogP contribution in [0.3, 0.4) is 0 Å². The second-order valence-electron chi connectivity index (χ2n) is 4.68. The zero-order valence-electron chi connectivity index (χ0n) is 12.3. The molecule has 5 heteroatoms. The van der Waals surface area contributed by atoms with Crippen molar-refractivity contribution in [3.63, 3.8) is 0 Å². The Kier molecular flexibility index (Phi) is 6.43. The van der Waals surface area contributed by atoms with Gasteiger partial charge < -0.3 is 10.6 Å². The van der Waals surface area contributed by atoms with Crippen molar-refractivity contribution in [3.8, 4) is 0 Å². The van der Waals surface area contributed by atoms with Crippen LogP contribution in [0, 0.1) is 0 Å². The first-order valence-electron chi connectivity index (χ1n) is 6.99. The zero-order chi connectivity index (χ0) is 15.8. The van der Waals surface area contributed by atoms with E-state index in [0.29, 0.717) is 10.7 Å². The summed E-state index contributed by atoms with van der Waals surface area (Å²) < 4.78 is 0. The molecule has 2 rings (SSSR count). The van der Waals surface area contributed by atoms with E-state index in [1.54, 1.807) is 30.8 Å². The highest BCUT2D eigenvalue weighted by Crippen LogP contribution is 2.16. The van der Waals surface area contributed by atoms with E-state index in [0.717, 1.165) is 18.0 Å². The van der Waals surface area contributed by atoms with Crippen molar-refractivity contribution in [2.24, 2.45) is 0 Å². The highest BCUT2D eigenvalue weighted by atomic mass is 32.2. The van der Waals surface area contributed by atoms with Gasteiger partial charge in [-0.25, -0.2) is 0 Å². The highest BCUT2D eigenvalue weighted by molar-refractivity contribution is 7.99. The topological polar surface area (TPSA) is 41.1 Å². The van der Waals surface area contributed by atoms with Gasteiger partial charge in [0, 0.05) is 28.4 Å². The van der Waals surface area contributed by atoms with Crippen LogP contribution in [0.2, 0.25) is 0 Å². The van der Waals surface area contributed by atoms with Gasteiger partial charge >= 0.3 is 0 Å². The summed E-state index contributed by atoms with van der Waals surface area (Å²) in [5, 5.41) is 6.82. The van der Waals surface area contributed by atoms with E-state index >= 15 is 0 Å². The minimum atomic E-state index is 0.0433. The minimum absolute atomic E-state index is 0.0433. The first-order chi connectivity index (χ1) is 10.6. The Balaban J connectivity index is 1.74. The molecule has 2 N–H and O–H groups in total. The lowest BCUT2D eigenvalue weighted by Gasteiger charge is -2.11. The fourth-order valence-electron chi connectivity index (χ4n) is 1.84. The Hall–Kier alpha value is -1.85. The maximum Gasteiger partial charge on any atom is 0.170 e. The van der Waals surface area contributed by atoms with Gasteiger partial charge in [0.1, 0.15) is 0 Å². The molecule has 0 aromatic heterocycles. The Labute approximate surface area is 140 Å². The quantitative estimate of drug-likeness (QED) is 0.363. The van der Waals surface area contributed by atoms with Crippen molar-refractivity contribution in [1.29, 1.82) is 0 Å². The van der Waals surface area contributed by atoms with Crippen molar-refractivity contribution in [2.45, 2.75) is 11.8 Å². The molecule has 0 unspecified atom stereocenters. The van der Waals surface area contributed by atoms with E-state index in [1.807, 2.05) is 30.3 Å². The van der Waals surface area contributed by atoms with Gasteiger partial charge in [0.2, 0.25) is 0 Å². The van der Waals surface area contributed by atoms with Crippen LogP contribution in [-0.2, 0) is 0 Å². The van der Waals surface area contributed by atoms with Gasteiger partial charge in [-0.3, -0.25) is 4.79 Å². The molecular weight excluding hydrogens is 312 g/mol. The number of rotatable bonds is 6. The number of thioether (sulfide) groups is 1. The van der Waals surface area contributed by atoms with Gasteiger partial charge in [-0.05, 0) is 43.4 Å². The lowest BCUT2D eigenvalue weighted by molar-refractivity contribution is 0.101. The summed E-state index contributed by atoms with van der Waals surface area (Å²) in [4.78, 5) is 12.6. The fourth-order valence-corrected chi connectivity index (χ4v) is 2.85. The Morgan fingerprint density at radius 1 is 1.14 bits per heavy atom. The molecule has 2 aromatic carbocycles. The van der Waals surface area contributed by atoms with Crippen LogP contribution in [0.4, 0.5) is 5.69 Å². The van der Waals surface area contributed by atoms with Gasteiger partial charge in [0.25, 0.3) is 0 Å². The lowest BCUT2D eigenvalue weighted by atomic mass is 10.1. The van der Waals surface area contributed by atoms with Gasteiger partial charge in [-0.2, -0.15) is 0 Å². The molecule has 0 atom stereocenters. The summed E-state index contributed by atoms with van der Waals surface area (Å²) in [5.74, 6) is 0.973. The number of carbonyl (C=O) groups is 1. The molecule has 0 amide bonds. The van der Waals surface area contributed by atoms with Crippen LogP contribution in [-0.4, -0.2) is 23.2 Å². The second-order valence-corrected chi connectivity index (χ2v) is 6.26. The minimum Gasteiger partial charge on any atom is -0.362 e. The van der Waals surface area contributed by atoms with Gasteiger partial charge in [-0.1, -0.05) is 30.3 Å². The fraction of sp³-hybridized carbons (Fsp3) is 0.176. The molecule has 0 saturated heterocycles. The molecule has 114 valence electrons. The zero-order valence-corrected chi connectivity index (χ0v) is 14.0. The summed E-state index contributed by atoms with van der Waals surface area (Å²) in [7, 11) is 0. The number of thiocarbonyl (C=S) groups is 1. The van der Waals surface area contributed by atoms with Crippen LogP contribution in [0.5, 0.6) is 0 Å². The summed E-state index contributed by atoms with van der Waals surface area (Å²) >= 11 is 7.04. The first-order valence-corrected chi connectivity index (χ1v) is 8.38. The third-order valence-electron chi connectivity index (χ3n) is 2.93. The van der Waals surface area contributed by atoms with Crippen molar-refractivity contribution < 1.29 is 4.79 Å². The molecule has 0 heterocycles. The second kappa shape index (κ2) is 8.56. The van der Waals surface area contributed by atoms with Crippen LogP contribution in [0.15, 0.2) is 59.5 Å². The molecule has 0 bridgehead atoms. The Morgan fingerprint density at radius 2 is 1.91 bits per heavy atom. The van der Waals surface area contributed by atoms with Crippen LogP contribution < -0.4 is 10.6 Å². The third-order valence-corrected chi connectivity index (χ3v) is 4.19. The van der Waals surface area contributed by atoms with E-state index < -0.39 is 0 Å². The van der Waals surface area contributed by atoms with Crippen LogP contribution in [0.1, 0.15) is 17.3 Å². The molecule has 3 nitrogen and oxygen atoms in total. The molecule has 0 aliphatic heterocycles. The summed E-state index contributed by atoms with van der Waals surface area (Å²) in [6, 6.07) is 17.6. The number of hydrogen-bond acceptors (Lipinski definition) is 3. The normalized spacial score (nSPS) is 10.0. The van der Waals surface area contributed by atoms with Crippen molar-refractivity contribution >= 4 is 40.6 Å². The number of hydrogen-bond donors (Lipinski definition) is 2. The molecule has 0 aliphatic rings. The number of benzene rings is 2. The number of Topliss-reactive ketones (excluding diaryl/α,β-unsaturated/α-hetero) is 1. The smallest absolute Gasteiger partial charge is 0.170 e. The lowest BCUT2D eigenvalue weighted by Crippen LogP contribution is -2.30. The number of ketones is 1. The Morgan fingerprint density at radius 3 is 2.64 bits per heavy atom. The van der Waals surface area contributed by atoms with Gasteiger partial charge in [0.05, 0.1) is 0 Å². The summed E-state index contributed by atoms with van der Waals surface area (Å²) in [5.41, 5.74) is 1.49. The van der Waals surface area contributed by atoms with Crippen LogP contribution in [0.25, 0.3) is 0 Å². The van der Waals surface area contributed by atoms with Gasteiger partial charge in [0.15, 0.2) is 10.9 Å². The van der Waals surface area contributed by atoms with Crippen LogP contribution >= 0.6 is 24.0 Å². The van der Waals surface area contributed by atoms with Crippen molar-refractivity contribution in [3.05, 3.63) is 60.2 Å². The molecule has 2 aromatic rings. The average Bonchev–Trinajstić information content (AvgIpc) is 2.53. The number of nitrogens with one attached hydrogen (secondary N) is 2. The molecule has 0 saturated carbocycles. The maximum atomic E-state index is 11.3. The maximum absolute atomic E-state index is 11.3. The highest BCUT2D eigenvalue weighted by Gasteiger charge is 2.02. The monoisotopic (exact) mass is 330 g/mol. The predicted octanol–water partition coefficient (Wildman–Crippen LogP) is 3.97. The predicted molar refractivity (Wildman–Crippen MR) is 97.8 cm³/mol. The van der Waals surface area contributed by atoms with E-state index in [4.69, 9.17) is 12.2 Å². The van der Waals surface area contributed by atoms with E-state index in [1.165, 1.54) is 4.90 Å². The van der Waals surface area contributed by atoms with Crippen molar-refractivity contribution in [1.82, 2.24) is 5.32 Å². The molecule has 0 radical (unpaired) electrons.